The molecule has 1 aromatic heterocycles. The van der Waals surface area contributed by atoms with Crippen molar-refractivity contribution >= 4 is 35.3 Å². The van der Waals surface area contributed by atoms with Crippen LogP contribution in [0.25, 0.3) is 6.08 Å². The first kappa shape index (κ1) is 22.0. The lowest BCUT2D eigenvalue weighted by atomic mass is 9.90. The largest absolute Gasteiger partial charge is 0.353 e. The fourth-order valence-electron chi connectivity index (χ4n) is 5.19. The average Bonchev–Trinajstić information content (AvgIpc) is 3.57. The number of carbonyl (C=O) groups is 2. The zero-order valence-electron chi connectivity index (χ0n) is 18.7. The second-order valence-electron chi connectivity index (χ2n) is 9.33. The summed E-state index contributed by atoms with van der Waals surface area (Å²) in [5.74, 6) is 1.45. The molecule has 1 saturated carbocycles. The summed E-state index contributed by atoms with van der Waals surface area (Å²) in [4.78, 5) is 36.4. The number of nitrogens with zero attached hydrogens (tertiary/aromatic N) is 4. The van der Waals surface area contributed by atoms with Gasteiger partial charge in [0.2, 0.25) is 11.8 Å². The van der Waals surface area contributed by atoms with Crippen LogP contribution in [0, 0.1) is 11.3 Å². The van der Waals surface area contributed by atoms with Gasteiger partial charge < -0.3 is 14.7 Å². The standard InChI is InChI=1S/C26H29ClN4O2/c27-21-7-4-20(5-8-21)6-9-24(32)30-13-10-26(11-14-30)19-22(26)25(33)31-17-15-29(16-18-31)23-3-1-2-12-28-23/h1-9,12,22H,10-11,13-19H2. The summed E-state index contributed by atoms with van der Waals surface area (Å²) in [5, 5.41) is 0.684. The lowest BCUT2D eigenvalue weighted by molar-refractivity contribution is -0.134. The van der Waals surface area contributed by atoms with Gasteiger partial charge in [0.15, 0.2) is 0 Å². The molecule has 1 unspecified atom stereocenters. The summed E-state index contributed by atoms with van der Waals surface area (Å²) < 4.78 is 0. The van der Waals surface area contributed by atoms with Gasteiger partial charge in [-0.25, -0.2) is 4.98 Å². The minimum absolute atomic E-state index is 0.0361. The van der Waals surface area contributed by atoms with E-state index in [9.17, 15) is 9.59 Å². The molecule has 172 valence electrons. The normalized spacial score (nSPS) is 22.1. The highest BCUT2D eigenvalue weighted by molar-refractivity contribution is 6.30. The number of benzene rings is 1. The first-order valence-electron chi connectivity index (χ1n) is 11.7. The minimum Gasteiger partial charge on any atom is -0.353 e. The predicted molar refractivity (Wildman–Crippen MR) is 130 cm³/mol. The average molecular weight is 465 g/mol. The van der Waals surface area contributed by atoms with Crippen molar-refractivity contribution in [1.29, 1.82) is 0 Å². The number of piperidine rings is 1. The van der Waals surface area contributed by atoms with Crippen molar-refractivity contribution < 1.29 is 9.59 Å². The SMILES string of the molecule is O=C(C=Cc1ccc(Cl)cc1)N1CCC2(CC1)CC2C(=O)N1CCN(c2ccccn2)CC1. The maximum absolute atomic E-state index is 13.2. The molecule has 1 spiro atoms. The monoisotopic (exact) mass is 464 g/mol. The van der Waals surface area contributed by atoms with Gasteiger partial charge in [0.05, 0.1) is 0 Å². The van der Waals surface area contributed by atoms with E-state index >= 15 is 0 Å². The highest BCUT2D eigenvalue weighted by atomic mass is 35.5. The van der Waals surface area contributed by atoms with Gasteiger partial charge in [-0.1, -0.05) is 29.8 Å². The van der Waals surface area contributed by atoms with Crippen LogP contribution in [-0.2, 0) is 9.59 Å². The molecule has 3 fully saturated rings. The number of carbonyl (C=O) groups excluding carboxylic acids is 2. The van der Waals surface area contributed by atoms with E-state index in [0.29, 0.717) is 10.9 Å². The molecule has 1 aliphatic carbocycles. The zero-order chi connectivity index (χ0) is 22.8. The molecule has 1 aromatic carbocycles. The van der Waals surface area contributed by atoms with Gasteiger partial charge in [0.25, 0.3) is 0 Å². The zero-order valence-corrected chi connectivity index (χ0v) is 19.5. The number of anilines is 1. The van der Waals surface area contributed by atoms with Crippen molar-refractivity contribution in [1.82, 2.24) is 14.8 Å². The Bertz CT molecular complexity index is 1020. The topological polar surface area (TPSA) is 56.8 Å². The van der Waals surface area contributed by atoms with Crippen molar-refractivity contribution in [2.45, 2.75) is 19.3 Å². The number of likely N-dealkylation sites (tertiary alicyclic amines) is 1. The van der Waals surface area contributed by atoms with Crippen LogP contribution in [0.2, 0.25) is 5.02 Å². The molecule has 33 heavy (non-hydrogen) atoms. The molecule has 0 N–H and O–H groups in total. The van der Waals surface area contributed by atoms with Gasteiger partial charge >= 0.3 is 0 Å². The number of rotatable bonds is 4. The Morgan fingerprint density at radius 1 is 0.939 bits per heavy atom. The van der Waals surface area contributed by atoms with Crippen LogP contribution in [0.1, 0.15) is 24.8 Å². The third-order valence-corrected chi connectivity index (χ3v) is 7.66. The lowest BCUT2D eigenvalue weighted by Gasteiger charge is -2.37. The van der Waals surface area contributed by atoms with Crippen molar-refractivity contribution in [3.63, 3.8) is 0 Å². The van der Waals surface area contributed by atoms with Gasteiger partial charge in [-0.3, -0.25) is 9.59 Å². The summed E-state index contributed by atoms with van der Waals surface area (Å²) in [6, 6.07) is 13.4. The highest BCUT2D eigenvalue weighted by Crippen LogP contribution is 2.60. The number of hydrogen-bond donors (Lipinski definition) is 0. The van der Waals surface area contributed by atoms with E-state index in [1.807, 2.05) is 64.5 Å². The molecular formula is C26H29ClN4O2. The van der Waals surface area contributed by atoms with Crippen LogP contribution in [0.3, 0.4) is 0 Å². The Labute approximate surface area is 199 Å². The van der Waals surface area contributed by atoms with Crippen LogP contribution in [0.5, 0.6) is 0 Å². The summed E-state index contributed by atoms with van der Waals surface area (Å²) in [6.45, 7) is 4.60. The van der Waals surface area contributed by atoms with E-state index in [2.05, 4.69) is 9.88 Å². The number of piperazine rings is 1. The molecule has 2 aromatic rings. The minimum atomic E-state index is 0.0361. The molecule has 2 amide bonds. The van der Waals surface area contributed by atoms with Crippen molar-refractivity contribution in [3.05, 3.63) is 65.3 Å². The number of amides is 2. The van der Waals surface area contributed by atoms with Gasteiger partial charge in [-0.05, 0) is 60.6 Å². The van der Waals surface area contributed by atoms with Crippen LogP contribution >= 0.6 is 11.6 Å². The second kappa shape index (κ2) is 9.18. The molecule has 2 aliphatic heterocycles. The third kappa shape index (κ3) is 4.76. The van der Waals surface area contributed by atoms with Crippen LogP contribution in [-0.4, -0.2) is 65.9 Å². The van der Waals surface area contributed by atoms with Gasteiger partial charge in [-0.2, -0.15) is 0 Å². The predicted octanol–water partition coefficient (Wildman–Crippen LogP) is 3.73. The number of hydrogen-bond acceptors (Lipinski definition) is 4. The van der Waals surface area contributed by atoms with Crippen LogP contribution in [0.4, 0.5) is 5.82 Å². The van der Waals surface area contributed by atoms with E-state index in [-0.39, 0.29) is 17.2 Å². The maximum Gasteiger partial charge on any atom is 0.246 e. The van der Waals surface area contributed by atoms with Crippen molar-refractivity contribution in [2.75, 3.05) is 44.2 Å². The van der Waals surface area contributed by atoms with E-state index < -0.39 is 0 Å². The molecule has 6 nitrogen and oxygen atoms in total. The Balaban J connectivity index is 1.09. The molecule has 2 saturated heterocycles. The first-order valence-corrected chi connectivity index (χ1v) is 12.1. The molecule has 3 heterocycles. The third-order valence-electron chi connectivity index (χ3n) is 7.41. The molecule has 0 bridgehead atoms. The van der Waals surface area contributed by atoms with Gasteiger partial charge in [0, 0.05) is 62.5 Å². The Kier molecular flexibility index (Phi) is 6.11. The van der Waals surface area contributed by atoms with E-state index in [0.717, 1.165) is 69.9 Å². The fraction of sp³-hybridized carbons (Fsp3) is 0.423. The van der Waals surface area contributed by atoms with Crippen LogP contribution < -0.4 is 4.90 Å². The fourth-order valence-corrected chi connectivity index (χ4v) is 5.31. The molecular weight excluding hydrogens is 436 g/mol. The van der Waals surface area contributed by atoms with E-state index in [1.54, 1.807) is 6.08 Å². The molecule has 0 radical (unpaired) electrons. The molecule has 3 aliphatic rings. The second-order valence-corrected chi connectivity index (χ2v) is 9.77. The van der Waals surface area contributed by atoms with E-state index in [1.165, 1.54) is 0 Å². The Hall–Kier alpha value is -2.86. The van der Waals surface area contributed by atoms with Gasteiger partial charge in [-0.15, -0.1) is 0 Å². The van der Waals surface area contributed by atoms with Crippen molar-refractivity contribution in [2.24, 2.45) is 11.3 Å². The molecule has 1 atom stereocenters. The molecule has 7 heteroatoms. The smallest absolute Gasteiger partial charge is 0.246 e. The number of pyridine rings is 1. The van der Waals surface area contributed by atoms with E-state index in [4.69, 9.17) is 11.6 Å². The quantitative estimate of drug-likeness (QED) is 0.647. The summed E-state index contributed by atoms with van der Waals surface area (Å²) in [7, 11) is 0. The lowest BCUT2D eigenvalue weighted by Crippen LogP contribution is -2.50. The number of aromatic nitrogens is 1. The highest BCUT2D eigenvalue weighted by Gasteiger charge is 2.59. The number of halogens is 1. The molecule has 5 rings (SSSR count). The van der Waals surface area contributed by atoms with Crippen LogP contribution in [0.15, 0.2) is 54.7 Å². The first-order chi connectivity index (χ1) is 16.0. The summed E-state index contributed by atoms with van der Waals surface area (Å²) >= 11 is 5.91. The Morgan fingerprint density at radius 2 is 1.67 bits per heavy atom. The summed E-state index contributed by atoms with van der Waals surface area (Å²) in [6.07, 6.45) is 8.07. The maximum atomic E-state index is 13.2. The summed E-state index contributed by atoms with van der Waals surface area (Å²) in [5.41, 5.74) is 1.06. The van der Waals surface area contributed by atoms with Gasteiger partial charge in [0.1, 0.15) is 5.82 Å². The Morgan fingerprint density at radius 3 is 2.33 bits per heavy atom. The van der Waals surface area contributed by atoms with Crippen molar-refractivity contribution in [3.8, 4) is 0 Å².